The third-order valence-electron chi connectivity index (χ3n) is 19.0. The summed E-state index contributed by atoms with van der Waals surface area (Å²) in [5.41, 5.74) is 1.78. The smallest absolute Gasteiger partial charge is 0.481 e. The Morgan fingerprint density at radius 1 is 0.540 bits per heavy atom. The quantitative estimate of drug-likeness (QED) is 0.0337. The van der Waals surface area contributed by atoms with Crippen molar-refractivity contribution >= 4 is 65.6 Å². The average molecular weight is 1230 g/mol. The van der Waals surface area contributed by atoms with E-state index >= 15 is 0 Å². The summed E-state index contributed by atoms with van der Waals surface area (Å²) in [4.78, 5) is 139. The molecule has 11 N–H and O–H groups in total. The fourth-order valence-corrected chi connectivity index (χ4v) is 15.6. The number of quaternary nitrogens is 4. The molecule has 1 spiro atoms. The monoisotopic (exact) mass is 1230 g/mol. The molecule has 3 amide bonds. The molecular weight excluding hydrogens is 1140 g/mol. The van der Waals surface area contributed by atoms with Crippen LogP contribution in [0.1, 0.15) is 132 Å². The van der Waals surface area contributed by atoms with E-state index in [1.807, 2.05) is 24.3 Å². The number of urea groups is 1. The second kappa shape index (κ2) is 29.4. The molecule has 1 aromatic heterocycles. The van der Waals surface area contributed by atoms with Gasteiger partial charge in [0.2, 0.25) is 11.9 Å². The zero-order chi connectivity index (χ0) is 63.2. The van der Waals surface area contributed by atoms with Gasteiger partial charge in [0.15, 0.2) is 32.2 Å². The second-order valence-corrected chi connectivity index (χ2v) is 24.6. The molecule has 6 heterocycles. The maximum atomic E-state index is 13.1. The van der Waals surface area contributed by atoms with Gasteiger partial charge in [-0.3, -0.25) is 14.4 Å². The molecule has 0 aliphatic carbocycles. The number of hydrogen-bond acceptors (Lipinski definition) is 14. The van der Waals surface area contributed by atoms with E-state index in [0.29, 0.717) is 114 Å². The topological polar surface area (TPSA) is 411 Å². The molecule has 29 heteroatoms. The summed E-state index contributed by atoms with van der Waals surface area (Å²) in [6.07, 6.45) is 9.93. The van der Waals surface area contributed by atoms with Crippen LogP contribution in [0.3, 0.4) is 0 Å². The standard InChI is InChI=1S/C58H83N11O18/c70-47(59-23-8-7-11-43(54(83)84)60-57(87)61-44(55(85)86)19-20-49(73)74)13-6-4-2-1-3-5-12-45-62-46(64-56(63-45)65-24-21-39(22-25-65)10-9-14-48(71)72)33-41-17-15-40(16-18-41)32-42-34-68(37-52(79)80)29-28-66(35-50(75)76)26-27-67(36-51(77)78)30-31-69(42,38-53(81)82)58(66,67)68/h15-18,39,42-44H,1-14,19-38H2,(H7-4,59,60,61,70,71,72,73,74,75,76,77,78,79,80,81,82,83,84,85,86,87)/p+4/t42?,43-,44-,58+,66?,67?,68+,69?/m0/s1. The average Bonchev–Trinajstić information content (AvgIpc) is 1.44. The van der Waals surface area contributed by atoms with Gasteiger partial charge < -0.3 is 61.7 Å². The number of hydrogen-bond donors (Lipinski definition) is 11. The van der Waals surface area contributed by atoms with Crippen LogP contribution in [0.15, 0.2) is 24.3 Å². The Morgan fingerprint density at radius 2 is 1.07 bits per heavy atom. The number of nitrogens with one attached hydrogen (secondary N) is 3. The molecular formula is C58H87N11O18+4. The Kier molecular flexibility index (Phi) is 22.6. The van der Waals surface area contributed by atoms with Crippen LogP contribution in [0, 0.1) is 5.92 Å². The molecule has 1 aromatic carbocycles. The predicted molar refractivity (Wildman–Crippen MR) is 305 cm³/mol. The van der Waals surface area contributed by atoms with Crippen molar-refractivity contribution in [3.63, 3.8) is 0 Å². The van der Waals surface area contributed by atoms with Crippen LogP contribution in [0.5, 0.6) is 0 Å². The number of carboxylic acid groups (broad SMARTS) is 8. The van der Waals surface area contributed by atoms with Crippen molar-refractivity contribution < 1.29 is 107 Å². The summed E-state index contributed by atoms with van der Waals surface area (Å²) in [5.74, 6) is -8.56. The minimum absolute atomic E-state index is 0.0156. The van der Waals surface area contributed by atoms with Crippen LogP contribution in [-0.2, 0) is 62.4 Å². The molecule has 0 saturated carbocycles. The number of carbonyl (C=O) groups is 10. The highest BCUT2D eigenvalue weighted by Crippen LogP contribution is 2.64. The first-order chi connectivity index (χ1) is 41.4. The molecule has 8 atom stereocenters. The fourth-order valence-electron chi connectivity index (χ4n) is 15.6. The largest absolute Gasteiger partial charge is 0.483 e. The summed E-state index contributed by atoms with van der Waals surface area (Å²) in [7, 11) is 0. The lowest BCUT2D eigenvalue weighted by Crippen LogP contribution is -2.86. The molecule has 478 valence electrons. The van der Waals surface area contributed by atoms with Crippen molar-refractivity contribution in [2.24, 2.45) is 5.92 Å². The highest BCUT2D eigenvalue weighted by molar-refractivity contribution is 5.86. The molecule has 2 aromatic rings. The Morgan fingerprint density at radius 3 is 1.66 bits per heavy atom. The number of anilines is 1. The van der Waals surface area contributed by atoms with Crippen molar-refractivity contribution in [2.45, 2.75) is 152 Å². The van der Waals surface area contributed by atoms with Gasteiger partial charge in [-0.1, -0.05) is 49.9 Å². The van der Waals surface area contributed by atoms with Crippen LogP contribution in [0.2, 0.25) is 0 Å². The van der Waals surface area contributed by atoms with E-state index in [2.05, 4.69) is 20.9 Å². The number of amides is 3. The van der Waals surface area contributed by atoms with E-state index in [-0.39, 0.29) is 88.9 Å². The van der Waals surface area contributed by atoms with E-state index in [0.717, 1.165) is 62.5 Å². The van der Waals surface area contributed by atoms with Crippen LogP contribution >= 0.6 is 0 Å². The van der Waals surface area contributed by atoms with Crippen molar-refractivity contribution in [3.05, 3.63) is 47.0 Å². The van der Waals surface area contributed by atoms with Crippen LogP contribution in [0.25, 0.3) is 0 Å². The zero-order valence-electron chi connectivity index (χ0n) is 49.4. The highest BCUT2D eigenvalue weighted by Gasteiger charge is 3.01. The normalized spacial score (nSPS) is 25.2. The SMILES string of the molecule is O=C(O)CCCC1CCN(c2nc(CCCCCCCCC(=O)NCCCC[C@H](NC(=O)N[C@@H](CCC(=O)O)C(=O)O)C(=O)O)nc(Cc3ccc(CC4C[N@@+]5(CC(=O)O)CC[N+]6(CC(=O)O)CC[N+]7(CC(=O)O)CC[N+]4(CC(=O)O)[C@@]765)cc3)n2)CC1. The lowest BCUT2D eigenvalue weighted by molar-refractivity contribution is -1.36. The molecule has 29 nitrogen and oxygen atoms in total. The minimum atomic E-state index is -1.51. The van der Waals surface area contributed by atoms with E-state index in [1.54, 1.807) is 0 Å². The third-order valence-corrected chi connectivity index (χ3v) is 19.0. The van der Waals surface area contributed by atoms with Gasteiger partial charge >= 0.3 is 59.7 Å². The Labute approximate surface area is 503 Å². The molecule has 4 unspecified atom stereocenters. The van der Waals surface area contributed by atoms with Crippen LogP contribution < -0.4 is 20.9 Å². The van der Waals surface area contributed by atoms with E-state index in [1.165, 1.54) is 0 Å². The van der Waals surface area contributed by atoms with E-state index < -0.39 is 90.8 Å². The Balaban J connectivity index is 0.937. The number of aliphatic carboxylic acids is 8. The minimum Gasteiger partial charge on any atom is -0.481 e. The number of unbranched alkanes of at least 4 members (excludes halogenated alkanes) is 6. The molecule has 0 radical (unpaired) electrons. The number of carboxylic acids is 8. The summed E-state index contributed by atoms with van der Waals surface area (Å²) in [6.45, 7) is 2.14. The van der Waals surface area contributed by atoms with Crippen molar-refractivity contribution in [2.75, 3.05) is 96.5 Å². The summed E-state index contributed by atoms with van der Waals surface area (Å²) in [5, 5.41) is 86.1. The number of aryl methyl sites for hydroxylation is 1. The first kappa shape index (κ1) is 66.9. The highest BCUT2D eigenvalue weighted by atomic mass is 16.4. The van der Waals surface area contributed by atoms with Crippen molar-refractivity contribution in [1.82, 2.24) is 30.9 Å². The molecule has 87 heavy (non-hydrogen) atoms. The zero-order valence-corrected chi connectivity index (χ0v) is 49.4. The van der Waals surface area contributed by atoms with Crippen LogP contribution in [0.4, 0.5) is 10.7 Å². The Hall–Kier alpha value is -7.63. The Bertz CT molecular complexity index is 2830. The molecule has 5 saturated heterocycles. The molecule has 5 aliphatic rings. The second-order valence-electron chi connectivity index (χ2n) is 24.6. The number of rotatable bonds is 38. The number of benzene rings is 1. The first-order valence-electron chi connectivity index (χ1n) is 30.5. The van der Waals surface area contributed by atoms with Gasteiger partial charge in [-0.25, -0.2) is 38.5 Å². The van der Waals surface area contributed by atoms with Gasteiger partial charge in [-0.2, -0.15) is 9.97 Å². The summed E-state index contributed by atoms with van der Waals surface area (Å²) >= 11 is 0. The maximum Gasteiger partial charge on any atom is 0.483 e. The number of nitrogens with zero attached hydrogens (tertiary/aromatic N) is 8. The maximum absolute atomic E-state index is 13.1. The fraction of sp³-hybridized carbons (Fsp3) is 0.672. The van der Waals surface area contributed by atoms with Gasteiger partial charge in [0, 0.05) is 58.2 Å². The molecule has 5 fully saturated rings. The number of piperidine rings is 1. The molecule has 7 rings (SSSR count). The van der Waals surface area contributed by atoms with Gasteiger partial charge in [-0.15, -0.1) is 17.9 Å². The van der Waals surface area contributed by atoms with Gasteiger partial charge in [0.25, 0.3) is 0 Å². The first-order valence-corrected chi connectivity index (χ1v) is 30.5. The van der Waals surface area contributed by atoms with E-state index in [4.69, 9.17) is 20.1 Å². The summed E-state index contributed by atoms with van der Waals surface area (Å²) in [6, 6.07) is 3.53. The number of carbonyl (C=O) groups excluding carboxylic acids is 2. The number of aromatic nitrogens is 3. The molecule has 5 aliphatic heterocycles. The van der Waals surface area contributed by atoms with Gasteiger partial charge in [-0.05, 0) is 81.3 Å². The lowest BCUT2D eigenvalue weighted by atomic mass is 9.92. The third kappa shape index (κ3) is 15.7. The van der Waals surface area contributed by atoms with Crippen LogP contribution in [-0.4, -0.2) is 249 Å². The van der Waals surface area contributed by atoms with Gasteiger partial charge in [0.1, 0.15) is 69.5 Å². The lowest BCUT2D eigenvalue weighted by Gasteiger charge is -2.50. The molecule has 0 bridgehead atoms. The van der Waals surface area contributed by atoms with Crippen molar-refractivity contribution in [3.8, 4) is 0 Å². The van der Waals surface area contributed by atoms with E-state index in [9.17, 15) is 83.7 Å². The predicted octanol–water partition coefficient (Wildman–Crippen LogP) is 1.75. The summed E-state index contributed by atoms with van der Waals surface area (Å²) < 4.78 is -0.331. The van der Waals surface area contributed by atoms with Gasteiger partial charge in [0.05, 0.1) is 0 Å². The van der Waals surface area contributed by atoms with Crippen molar-refractivity contribution in [1.29, 1.82) is 0 Å².